The molecule has 2 atom stereocenters. The fourth-order valence-electron chi connectivity index (χ4n) is 5.31. The Hall–Kier alpha value is -4.59. The fraction of sp³-hybridized carbons (Fsp3) is 0.389. The highest BCUT2D eigenvalue weighted by atomic mass is 32.2. The average Bonchev–Trinajstić information content (AvgIpc) is 3.07. The van der Waals surface area contributed by atoms with Crippen molar-refractivity contribution >= 4 is 33.7 Å². The van der Waals surface area contributed by atoms with Crippen LogP contribution in [0, 0.1) is 11.8 Å². The van der Waals surface area contributed by atoms with E-state index in [0.717, 1.165) is 15.4 Å². The molecule has 0 saturated heterocycles. The smallest absolute Gasteiger partial charge is 0.322 e. The highest BCUT2D eigenvalue weighted by Gasteiger charge is 2.37. The maximum absolute atomic E-state index is 13.8. The second kappa shape index (κ2) is 17.7. The Morgan fingerprint density at radius 2 is 1.27 bits per heavy atom. The largest absolute Gasteiger partial charge is 0.480 e. The van der Waals surface area contributed by atoms with E-state index < -0.39 is 45.8 Å². The zero-order valence-corrected chi connectivity index (χ0v) is 29.7. The topological polar surface area (TPSA) is 165 Å². The number of carbonyl (C=O) groups excluding carboxylic acids is 3. The monoisotopic (exact) mass is 693 g/mol. The van der Waals surface area contributed by atoms with Crippen LogP contribution in [0.1, 0.15) is 48.4 Å². The van der Waals surface area contributed by atoms with Gasteiger partial charge in [-0.1, -0.05) is 76.2 Å². The van der Waals surface area contributed by atoms with Crippen LogP contribution in [0.4, 0.5) is 0 Å². The van der Waals surface area contributed by atoms with E-state index in [0.29, 0.717) is 6.54 Å². The van der Waals surface area contributed by atoms with Crippen molar-refractivity contribution < 1.29 is 32.7 Å². The number of rotatable bonds is 17. The molecule has 3 aromatic rings. The van der Waals surface area contributed by atoms with E-state index in [1.165, 1.54) is 29.2 Å². The molecule has 3 rings (SSSR count). The third kappa shape index (κ3) is 10.4. The fourth-order valence-corrected chi connectivity index (χ4v) is 7.03. The predicted molar refractivity (Wildman–Crippen MR) is 188 cm³/mol. The lowest BCUT2D eigenvalue weighted by molar-refractivity contribution is -0.143. The molecule has 13 heteroatoms. The van der Waals surface area contributed by atoms with Crippen molar-refractivity contribution in [2.75, 3.05) is 40.3 Å². The summed E-state index contributed by atoms with van der Waals surface area (Å²) in [5, 5.41) is 18.6. The van der Waals surface area contributed by atoms with Gasteiger partial charge in [0, 0.05) is 51.4 Å². The van der Waals surface area contributed by atoms with Gasteiger partial charge in [-0.3, -0.25) is 19.2 Å². The number of benzene rings is 3. The van der Waals surface area contributed by atoms with Gasteiger partial charge < -0.3 is 26.0 Å². The summed E-state index contributed by atoms with van der Waals surface area (Å²) in [6.45, 7) is 7.24. The Bertz CT molecular complexity index is 1690. The van der Waals surface area contributed by atoms with Crippen LogP contribution in [0.25, 0.3) is 11.1 Å². The summed E-state index contributed by atoms with van der Waals surface area (Å²) in [6.07, 6.45) is 0. The minimum atomic E-state index is -4.28. The molecule has 0 bridgehead atoms. The van der Waals surface area contributed by atoms with E-state index >= 15 is 0 Å². The first-order chi connectivity index (χ1) is 23.1. The molecule has 3 amide bonds. The number of carboxylic acid groups (broad SMARTS) is 1. The van der Waals surface area contributed by atoms with Crippen LogP contribution < -0.4 is 16.0 Å². The quantitative estimate of drug-likeness (QED) is 0.157. The minimum Gasteiger partial charge on any atom is -0.480 e. The molecule has 0 unspecified atom stereocenters. The van der Waals surface area contributed by atoms with Crippen LogP contribution in [0.15, 0.2) is 83.8 Å². The molecule has 4 N–H and O–H groups in total. The molecule has 12 nitrogen and oxygen atoms in total. The van der Waals surface area contributed by atoms with E-state index in [4.69, 9.17) is 0 Å². The Kier molecular flexibility index (Phi) is 14.0. The van der Waals surface area contributed by atoms with Crippen molar-refractivity contribution in [3.05, 3.63) is 90.0 Å². The number of carboxylic acids is 1. The normalized spacial score (nSPS) is 12.8. The summed E-state index contributed by atoms with van der Waals surface area (Å²) >= 11 is 0. The first kappa shape index (κ1) is 38.9. The Labute approximate surface area is 288 Å². The van der Waals surface area contributed by atoms with Crippen LogP contribution in [0.3, 0.4) is 0 Å². The minimum absolute atomic E-state index is 0.0547. The van der Waals surface area contributed by atoms with E-state index in [1.54, 1.807) is 52.2 Å². The lowest BCUT2D eigenvalue weighted by Gasteiger charge is -2.30. The molecule has 3 aromatic carbocycles. The highest BCUT2D eigenvalue weighted by molar-refractivity contribution is 7.89. The van der Waals surface area contributed by atoms with Crippen LogP contribution in [-0.4, -0.2) is 98.8 Å². The van der Waals surface area contributed by atoms with Crippen molar-refractivity contribution in [1.82, 2.24) is 25.2 Å². The first-order valence-corrected chi connectivity index (χ1v) is 17.6. The molecule has 0 aliphatic rings. The number of nitrogens with zero attached hydrogens (tertiary/aromatic N) is 2. The Morgan fingerprint density at radius 3 is 1.78 bits per heavy atom. The lowest BCUT2D eigenvalue weighted by atomic mass is 10.0. The number of likely N-dealkylation sites (N-methyl/N-ethyl adjacent to an activating group) is 1. The molecule has 0 aliphatic carbocycles. The van der Waals surface area contributed by atoms with E-state index in [9.17, 15) is 32.7 Å². The van der Waals surface area contributed by atoms with Crippen LogP contribution in [0.5, 0.6) is 0 Å². The van der Waals surface area contributed by atoms with Gasteiger partial charge >= 0.3 is 5.97 Å². The molecular formula is C36H47N5O7S. The van der Waals surface area contributed by atoms with Crippen molar-refractivity contribution in [1.29, 1.82) is 0 Å². The van der Waals surface area contributed by atoms with Gasteiger partial charge in [-0.2, -0.15) is 4.31 Å². The maximum Gasteiger partial charge on any atom is 0.322 e. The SMILES string of the molecule is CC(C)[C@@H](NCCNC(=O)c1cccc(C(=O)NCCN([C@@H](C(=O)O)C(C)C)S(=O)(=O)c2ccc(-c3ccccc3)cc2)c1)C(=O)N(C)C. The first-order valence-electron chi connectivity index (χ1n) is 16.2. The Balaban J connectivity index is 1.67. The number of nitrogens with one attached hydrogen (secondary N) is 3. The predicted octanol–water partition coefficient (Wildman–Crippen LogP) is 3.32. The third-order valence-corrected chi connectivity index (χ3v) is 9.81. The van der Waals surface area contributed by atoms with Gasteiger partial charge in [0.15, 0.2) is 0 Å². The van der Waals surface area contributed by atoms with Gasteiger partial charge in [0.05, 0.1) is 10.9 Å². The molecule has 0 aromatic heterocycles. The zero-order chi connectivity index (χ0) is 36.3. The maximum atomic E-state index is 13.8. The number of sulfonamides is 1. The molecular weight excluding hydrogens is 646 g/mol. The molecule has 49 heavy (non-hydrogen) atoms. The summed E-state index contributed by atoms with van der Waals surface area (Å²) in [5.41, 5.74) is 2.13. The molecule has 0 spiro atoms. The molecule has 0 saturated carbocycles. The average molecular weight is 694 g/mol. The molecule has 0 aliphatic heterocycles. The summed E-state index contributed by atoms with van der Waals surface area (Å²) in [7, 11) is -0.904. The second-order valence-electron chi connectivity index (χ2n) is 12.5. The van der Waals surface area contributed by atoms with Gasteiger partial charge in [-0.25, -0.2) is 8.42 Å². The highest BCUT2D eigenvalue weighted by Crippen LogP contribution is 2.25. The molecule has 0 radical (unpaired) electrons. The summed E-state index contributed by atoms with van der Waals surface area (Å²) in [4.78, 5) is 52.0. The van der Waals surface area contributed by atoms with Gasteiger partial charge in [-0.05, 0) is 53.3 Å². The third-order valence-electron chi connectivity index (χ3n) is 7.92. The number of carbonyl (C=O) groups is 4. The van der Waals surface area contributed by atoms with Crippen molar-refractivity contribution in [3.63, 3.8) is 0 Å². The van der Waals surface area contributed by atoms with Gasteiger partial charge in [0.2, 0.25) is 15.9 Å². The van der Waals surface area contributed by atoms with Crippen LogP contribution in [0.2, 0.25) is 0 Å². The van der Waals surface area contributed by atoms with Crippen molar-refractivity contribution in [2.45, 2.75) is 44.7 Å². The second-order valence-corrected chi connectivity index (χ2v) is 14.4. The number of aliphatic carboxylic acids is 1. The van der Waals surface area contributed by atoms with Gasteiger partial charge in [-0.15, -0.1) is 0 Å². The van der Waals surface area contributed by atoms with Gasteiger partial charge in [0.25, 0.3) is 11.8 Å². The molecule has 0 fully saturated rings. The number of hydrogen-bond acceptors (Lipinski definition) is 7. The number of amides is 3. The summed E-state index contributed by atoms with van der Waals surface area (Å²) in [5.74, 6) is -2.83. The van der Waals surface area contributed by atoms with E-state index in [-0.39, 0.29) is 47.5 Å². The van der Waals surface area contributed by atoms with E-state index in [2.05, 4.69) is 16.0 Å². The van der Waals surface area contributed by atoms with Gasteiger partial charge in [0.1, 0.15) is 6.04 Å². The summed E-state index contributed by atoms with van der Waals surface area (Å²) < 4.78 is 28.5. The van der Waals surface area contributed by atoms with Crippen LogP contribution >= 0.6 is 0 Å². The van der Waals surface area contributed by atoms with Crippen molar-refractivity contribution in [2.24, 2.45) is 11.8 Å². The number of hydrogen-bond donors (Lipinski definition) is 4. The standard InChI is InChI=1S/C36H47N5O7S/c1-24(2)31(35(44)40(5)6)37-19-20-38-33(42)28-13-10-14-29(23-28)34(43)39-21-22-41(32(25(3)4)36(45)46)49(47,48)30-17-15-27(16-18-30)26-11-8-7-9-12-26/h7-18,23-25,31-32,37H,19-22H2,1-6H3,(H,38,42)(H,39,43)(H,45,46)/t31-,32-/m1/s1. The zero-order valence-electron chi connectivity index (χ0n) is 28.8. The summed E-state index contributed by atoms with van der Waals surface area (Å²) in [6, 6.07) is 19.9. The van der Waals surface area contributed by atoms with Crippen LogP contribution in [-0.2, 0) is 19.6 Å². The van der Waals surface area contributed by atoms with Crippen molar-refractivity contribution in [3.8, 4) is 11.1 Å². The lowest BCUT2D eigenvalue weighted by Crippen LogP contribution is -2.50. The molecule has 0 heterocycles. The Morgan fingerprint density at radius 1 is 0.714 bits per heavy atom. The molecule has 264 valence electrons. The van der Waals surface area contributed by atoms with E-state index in [1.807, 2.05) is 44.2 Å².